The summed E-state index contributed by atoms with van der Waals surface area (Å²) in [5.74, 6) is -0.638. The summed E-state index contributed by atoms with van der Waals surface area (Å²) >= 11 is 0. The van der Waals surface area contributed by atoms with Gasteiger partial charge in [0.15, 0.2) is 0 Å². The van der Waals surface area contributed by atoms with Crippen molar-refractivity contribution >= 4 is 11.8 Å². The zero-order valence-corrected chi connectivity index (χ0v) is 9.82. The van der Waals surface area contributed by atoms with Gasteiger partial charge < -0.3 is 5.73 Å². The second-order valence-electron chi connectivity index (χ2n) is 3.79. The van der Waals surface area contributed by atoms with E-state index < -0.39 is 5.91 Å². The van der Waals surface area contributed by atoms with E-state index in [4.69, 9.17) is 5.73 Å². The first-order valence-electron chi connectivity index (χ1n) is 5.45. The van der Waals surface area contributed by atoms with Crippen molar-refractivity contribution < 1.29 is 9.59 Å². The van der Waals surface area contributed by atoms with E-state index in [0.29, 0.717) is 12.8 Å². The van der Waals surface area contributed by atoms with Gasteiger partial charge >= 0.3 is 0 Å². The van der Waals surface area contributed by atoms with Crippen LogP contribution in [0.5, 0.6) is 0 Å². The van der Waals surface area contributed by atoms with Gasteiger partial charge in [-0.2, -0.15) is 0 Å². The van der Waals surface area contributed by atoms with Crippen LogP contribution in [0.2, 0.25) is 0 Å². The average Bonchev–Trinajstić information content (AvgIpc) is 2.35. The average molecular weight is 235 g/mol. The molecule has 5 nitrogen and oxygen atoms in total. The van der Waals surface area contributed by atoms with Crippen LogP contribution in [-0.4, -0.2) is 18.4 Å². The highest BCUT2D eigenvalue weighted by molar-refractivity contribution is 5.82. The van der Waals surface area contributed by atoms with Gasteiger partial charge in [0.1, 0.15) is 0 Å². The molecular weight excluding hydrogens is 218 g/mol. The minimum Gasteiger partial charge on any atom is -0.322 e. The van der Waals surface area contributed by atoms with Crippen LogP contribution in [0, 0.1) is 6.92 Å². The minimum atomic E-state index is -0.409. The predicted octanol–water partition coefficient (Wildman–Crippen LogP) is 0.0337. The summed E-state index contributed by atoms with van der Waals surface area (Å²) in [5.41, 5.74) is 11.9. The minimum absolute atomic E-state index is 0.141. The zero-order valence-electron chi connectivity index (χ0n) is 9.82. The van der Waals surface area contributed by atoms with Gasteiger partial charge in [0.2, 0.25) is 5.91 Å². The maximum absolute atomic E-state index is 11.3. The van der Waals surface area contributed by atoms with Crippen molar-refractivity contribution in [1.82, 2.24) is 10.9 Å². The molecule has 0 saturated heterocycles. The number of amides is 2. The summed E-state index contributed by atoms with van der Waals surface area (Å²) in [6.07, 6.45) is 0.971. The number of rotatable bonds is 4. The van der Waals surface area contributed by atoms with Gasteiger partial charge in [0, 0.05) is 6.42 Å². The lowest BCUT2D eigenvalue weighted by Gasteiger charge is -2.06. The lowest BCUT2D eigenvalue weighted by Crippen LogP contribution is -2.44. The molecule has 17 heavy (non-hydrogen) atoms. The Morgan fingerprint density at radius 1 is 1.12 bits per heavy atom. The summed E-state index contributed by atoms with van der Waals surface area (Å²) in [6, 6.07) is 7.98. The van der Waals surface area contributed by atoms with Gasteiger partial charge in [-0.25, -0.2) is 0 Å². The molecule has 1 aromatic rings. The molecular formula is C12H17N3O2. The van der Waals surface area contributed by atoms with E-state index in [1.54, 1.807) is 0 Å². The number of carbonyl (C=O) groups is 2. The van der Waals surface area contributed by atoms with Gasteiger partial charge in [-0.05, 0) is 18.9 Å². The molecule has 5 heteroatoms. The quantitative estimate of drug-likeness (QED) is 0.644. The van der Waals surface area contributed by atoms with Gasteiger partial charge in [-0.15, -0.1) is 0 Å². The molecule has 0 heterocycles. The van der Waals surface area contributed by atoms with E-state index in [1.165, 1.54) is 5.56 Å². The third-order valence-electron chi connectivity index (χ3n) is 2.29. The Kier molecular flexibility index (Phi) is 5.16. The monoisotopic (exact) mass is 235 g/mol. The molecule has 1 aromatic carbocycles. The molecule has 4 N–H and O–H groups in total. The smallest absolute Gasteiger partial charge is 0.252 e. The Labute approximate surface area is 100 Å². The van der Waals surface area contributed by atoms with Crippen molar-refractivity contribution in [3.8, 4) is 0 Å². The van der Waals surface area contributed by atoms with Crippen molar-refractivity contribution in [3.63, 3.8) is 0 Å². The fraction of sp³-hybridized carbons (Fsp3) is 0.333. The van der Waals surface area contributed by atoms with Crippen LogP contribution in [0.4, 0.5) is 0 Å². The molecule has 0 spiro atoms. The molecule has 0 aliphatic rings. The number of nitrogens with two attached hydrogens (primary N) is 1. The highest BCUT2D eigenvalue weighted by Gasteiger charge is 2.03. The third-order valence-corrected chi connectivity index (χ3v) is 2.29. The fourth-order valence-corrected chi connectivity index (χ4v) is 1.27. The van der Waals surface area contributed by atoms with Crippen LogP contribution in [-0.2, 0) is 16.0 Å². The van der Waals surface area contributed by atoms with Crippen molar-refractivity contribution in [2.24, 2.45) is 5.73 Å². The second-order valence-corrected chi connectivity index (χ2v) is 3.79. The highest BCUT2D eigenvalue weighted by Crippen LogP contribution is 2.05. The zero-order chi connectivity index (χ0) is 12.7. The van der Waals surface area contributed by atoms with Crippen LogP contribution >= 0.6 is 0 Å². The highest BCUT2D eigenvalue weighted by atomic mass is 16.2. The van der Waals surface area contributed by atoms with Gasteiger partial charge in [-0.3, -0.25) is 20.4 Å². The SMILES string of the molecule is Cc1ccc(CCC(=O)NNC(=O)CN)cc1. The van der Waals surface area contributed by atoms with Gasteiger partial charge in [0.05, 0.1) is 6.54 Å². The number of hydrazine groups is 1. The Morgan fingerprint density at radius 3 is 2.29 bits per heavy atom. The van der Waals surface area contributed by atoms with Gasteiger partial charge in [-0.1, -0.05) is 29.8 Å². The summed E-state index contributed by atoms with van der Waals surface area (Å²) in [6.45, 7) is 1.87. The molecule has 0 unspecified atom stereocenters. The van der Waals surface area contributed by atoms with Crippen molar-refractivity contribution in [1.29, 1.82) is 0 Å². The fourth-order valence-electron chi connectivity index (χ4n) is 1.27. The molecule has 1 rings (SSSR count). The predicted molar refractivity (Wildman–Crippen MR) is 64.8 cm³/mol. The van der Waals surface area contributed by atoms with Crippen LogP contribution in [0.1, 0.15) is 17.5 Å². The normalized spacial score (nSPS) is 9.76. The maximum atomic E-state index is 11.3. The first-order chi connectivity index (χ1) is 8.11. The summed E-state index contributed by atoms with van der Waals surface area (Å²) in [7, 11) is 0. The Morgan fingerprint density at radius 2 is 1.71 bits per heavy atom. The van der Waals surface area contributed by atoms with Crippen molar-refractivity contribution in [2.45, 2.75) is 19.8 Å². The van der Waals surface area contributed by atoms with E-state index in [2.05, 4.69) is 10.9 Å². The topological polar surface area (TPSA) is 84.2 Å². The van der Waals surface area contributed by atoms with E-state index in [9.17, 15) is 9.59 Å². The lowest BCUT2D eigenvalue weighted by atomic mass is 10.1. The number of hydrogen-bond acceptors (Lipinski definition) is 3. The number of benzene rings is 1. The van der Waals surface area contributed by atoms with E-state index >= 15 is 0 Å². The largest absolute Gasteiger partial charge is 0.322 e. The summed E-state index contributed by atoms with van der Waals surface area (Å²) in [5, 5.41) is 0. The van der Waals surface area contributed by atoms with E-state index in [-0.39, 0.29) is 12.5 Å². The number of carbonyl (C=O) groups excluding carboxylic acids is 2. The molecule has 0 atom stereocenters. The van der Waals surface area contributed by atoms with Crippen LogP contribution in [0.3, 0.4) is 0 Å². The number of nitrogens with one attached hydrogen (secondary N) is 2. The molecule has 0 aliphatic heterocycles. The first kappa shape index (κ1) is 13.2. The van der Waals surface area contributed by atoms with Crippen LogP contribution in [0.25, 0.3) is 0 Å². The molecule has 0 bridgehead atoms. The van der Waals surface area contributed by atoms with Crippen LogP contribution in [0.15, 0.2) is 24.3 Å². The second kappa shape index (κ2) is 6.65. The Bertz CT molecular complexity index is 387. The number of aryl methyl sites for hydroxylation is 2. The summed E-state index contributed by atoms with van der Waals surface area (Å²) < 4.78 is 0. The summed E-state index contributed by atoms with van der Waals surface area (Å²) in [4.78, 5) is 22.1. The first-order valence-corrected chi connectivity index (χ1v) is 5.45. The van der Waals surface area contributed by atoms with Gasteiger partial charge in [0.25, 0.3) is 5.91 Å². The number of hydrogen-bond donors (Lipinski definition) is 3. The third kappa shape index (κ3) is 5.12. The molecule has 92 valence electrons. The molecule has 0 fully saturated rings. The molecule has 0 saturated carbocycles. The van der Waals surface area contributed by atoms with Crippen molar-refractivity contribution in [3.05, 3.63) is 35.4 Å². The van der Waals surface area contributed by atoms with E-state index in [0.717, 1.165) is 5.56 Å². The standard InChI is InChI=1S/C12H17N3O2/c1-9-2-4-10(5-3-9)6-7-11(16)14-15-12(17)8-13/h2-5H,6-8,13H2,1H3,(H,14,16)(H,15,17). The molecule has 0 aliphatic carbocycles. The molecule has 0 radical (unpaired) electrons. The Balaban J connectivity index is 2.28. The lowest BCUT2D eigenvalue weighted by molar-refractivity contribution is -0.128. The molecule has 0 aromatic heterocycles. The van der Waals surface area contributed by atoms with E-state index in [1.807, 2.05) is 31.2 Å². The maximum Gasteiger partial charge on any atom is 0.252 e. The van der Waals surface area contributed by atoms with Crippen LogP contribution < -0.4 is 16.6 Å². The van der Waals surface area contributed by atoms with Crippen molar-refractivity contribution in [2.75, 3.05) is 6.54 Å². The molecule has 2 amide bonds. The Hall–Kier alpha value is -1.88.